The Morgan fingerprint density at radius 3 is 2.46 bits per heavy atom. The van der Waals surface area contributed by atoms with Gasteiger partial charge in [0.15, 0.2) is 23.3 Å². The van der Waals surface area contributed by atoms with Gasteiger partial charge in [0, 0.05) is 6.42 Å². The van der Waals surface area contributed by atoms with E-state index in [-0.39, 0.29) is 42.4 Å². The van der Waals surface area contributed by atoms with Gasteiger partial charge in [0.25, 0.3) is 5.60 Å². The molecule has 41 heavy (non-hydrogen) atoms. The van der Waals surface area contributed by atoms with Crippen molar-refractivity contribution in [3.8, 4) is 18.4 Å². The van der Waals surface area contributed by atoms with Crippen LogP contribution in [0.3, 0.4) is 0 Å². The first-order valence-electron chi connectivity index (χ1n) is 12.6. The molecule has 1 fully saturated rings. The van der Waals surface area contributed by atoms with Crippen LogP contribution in [0.5, 0.6) is 0 Å². The lowest BCUT2D eigenvalue weighted by Gasteiger charge is -2.32. The summed E-state index contributed by atoms with van der Waals surface area (Å²) in [6.45, 7) is 2.37. The number of carbonyl (C=O) groups is 2. The molecule has 0 radical (unpaired) electrons. The predicted molar refractivity (Wildman–Crippen MR) is 140 cm³/mol. The van der Waals surface area contributed by atoms with Crippen molar-refractivity contribution in [1.82, 2.24) is 19.5 Å². The fraction of sp³-hybridized carbons (Fsp3) is 0.407. The van der Waals surface area contributed by atoms with Crippen LogP contribution in [0.15, 0.2) is 36.7 Å². The van der Waals surface area contributed by atoms with Gasteiger partial charge in [0.2, 0.25) is 5.82 Å². The molecule has 0 bridgehead atoms. The van der Waals surface area contributed by atoms with Crippen LogP contribution in [0.4, 0.5) is 5.82 Å². The van der Waals surface area contributed by atoms with Crippen molar-refractivity contribution < 1.29 is 38.7 Å². The number of nitrogen functional groups attached to an aromatic ring is 1. The summed E-state index contributed by atoms with van der Waals surface area (Å²) in [6, 6.07) is 10.4. The molecule has 0 aliphatic carbocycles. The van der Waals surface area contributed by atoms with Crippen molar-refractivity contribution >= 4 is 28.9 Å². The molecule has 2 aromatic heterocycles. The average molecular weight is 565 g/mol. The largest absolute Gasteiger partial charge is 0.463 e. The van der Waals surface area contributed by atoms with E-state index in [1.165, 1.54) is 10.9 Å². The maximum Gasteiger partial charge on any atom is 0.350 e. The van der Waals surface area contributed by atoms with Crippen molar-refractivity contribution in [2.75, 3.05) is 25.6 Å². The van der Waals surface area contributed by atoms with Gasteiger partial charge in [-0.2, -0.15) is 15.2 Å². The molecule has 1 aliphatic heterocycles. The Labute approximate surface area is 234 Å². The molecule has 3 heterocycles. The molecule has 1 saturated heterocycles. The van der Waals surface area contributed by atoms with Crippen molar-refractivity contribution in [3.63, 3.8) is 0 Å². The van der Waals surface area contributed by atoms with Gasteiger partial charge < -0.3 is 34.9 Å². The van der Waals surface area contributed by atoms with Crippen LogP contribution in [0.2, 0.25) is 0 Å². The highest BCUT2D eigenvalue weighted by molar-refractivity contribution is 6.04. The molecule has 4 N–H and O–H groups in total. The molecular weight excluding hydrogens is 536 g/mol. The molecule has 3 aromatic rings. The fourth-order valence-corrected chi connectivity index (χ4v) is 4.48. The first-order chi connectivity index (χ1) is 19.6. The third-order valence-corrected chi connectivity index (χ3v) is 6.56. The maximum absolute atomic E-state index is 13.3. The van der Waals surface area contributed by atoms with Gasteiger partial charge in [-0.25, -0.2) is 14.6 Å². The summed E-state index contributed by atoms with van der Waals surface area (Å²) < 4.78 is 23.5. The number of imidazole rings is 1. The van der Waals surface area contributed by atoms with E-state index in [2.05, 4.69) is 20.9 Å². The van der Waals surface area contributed by atoms with E-state index in [1.54, 1.807) is 50.2 Å². The van der Waals surface area contributed by atoms with Gasteiger partial charge in [-0.05, 0) is 19.4 Å². The minimum atomic E-state index is -2.36. The van der Waals surface area contributed by atoms with Crippen LogP contribution < -0.4 is 5.73 Å². The number of nitrogens with zero attached hydrogens (tertiary/aromatic N) is 5. The lowest BCUT2D eigenvalue weighted by Crippen LogP contribution is -2.56. The number of carbonyl (C=O) groups excluding carboxylic acids is 2. The van der Waals surface area contributed by atoms with E-state index >= 15 is 0 Å². The number of hydrogen-bond donors (Lipinski definition) is 3. The predicted octanol–water partition coefficient (Wildman–Crippen LogP) is 0.0271. The number of benzene rings is 1. The number of nitrogens with two attached hydrogens (primary N) is 1. The summed E-state index contributed by atoms with van der Waals surface area (Å²) in [5.41, 5.74) is 1.94. The molecule has 1 aromatic carbocycles. The molecule has 4 rings (SSSR count). The Morgan fingerprint density at radius 2 is 1.88 bits per heavy atom. The molecular formula is C27H28N6O8. The number of rotatable bonds is 10. The summed E-state index contributed by atoms with van der Waals surface area (Å²) >= 11 is 0. The van der Waals surface area contributed by atoms with Gasteiger partial charge in [-0.15, -0.1) is 6.42 Å². The highest BCUT2D eigenvalue weighted by atomic mass is 16.6. The minimum absolute atomic E-state index is 0.0375. The second-order valence-corrected chi connectivity index (χ2v) is 9.04. The van der Waals surface area contributed by atoms with Crippen molar-refractivity contribution in [2.45, 2.75) is 49.9 Å². The number of ether oxygens (including phenoxy) is 4. The molecule has 14 nitrogen and oxygen atoms in total. The highest BCUT2D eigenvalue weighted by Crippen LogP contribution is 2.39. The van der Waals surface area contributed by atoms with Crippen LogP contribution in [-0.2, 0) is 35.0 Å². The van der Waals surface area contributed by atoms with Gasteiger partial charge in [0.1, 0.15) is 23.8 Å². The maximum atomic E-state index is 13.3. The first kappa shape index (κ1) is 29.4. The summed E-state index contributed by atoms with van der Waals surface area (Å²) in [4.78, 5) is 38.6. The normalized spacial score (nSPS) is 22.1. The third-order valence-electron chi connectivity index (χ3n) is 6.56. The van der Waals surface area contributed by atoms with E-state index in [9.17, 15) is 25.1 Å². The van der Waals surface area contributed by atoms with Gasteiger partial charge in [0.05, 0.1) is 26.1 Å². The number of aliphatic hydroxyl groups is 2. The quantitative estimate of drug-likeness (QED) is 0.169. The number of anilines is 1. The standard InChI is InChI=1S/C27H28N6O8/c1-4-26(37)17(41-23(20(26)34)33-15-30-19-21(29)31-18(13-28)32-22(19)33)14-40-27(24(35)38-5-2,25(36)39-6-3)12-16-10-8-7-9-11-16/h1,7-11,15,17,20,23,34,37H,5-6,12,14H2,2-3H3,(H2,29,31,32)/t17-,20+,23-,26-/m1/s1. The number of hydrogen-bond acceptors (Lipinski definition) is 13. The minimum Gasteiger partial charge on any atom is -0.463 e. The SMILES string of the molecule is C#C[C@@]1(O)[C@@H](COC(Cc2ccccc2)(C(=O)OCC)C(=O)OCC)O[C@@H](n2cnc3c(N)nc(C#N)nc32)[C@@H]1O. The molecule has 0 unspecified atom stereocenters. The summed E-state index contributed by atoms with van der Waals surface area (Å²) in [5, 5.41) is 31.7. The Kier molecular flexibility index (Phi) is 8.51. The lowest BCUT2D eigenvalue weighted by molar-refractivity contribution is -0.198. The summed E-state index contributed by atoms with van der Waals surface area (Å²) in [7, 11) is 0. The van der Waals surface area contributed by atoms with Crippen LogP contribution in [0.1, 0.15) is 31.5 Å². The molecule has 4 atom stereocenters. The second-order valence-electron chi connectivity index (χ2n) is 9.04. The molecule has 0 saturated carbocycles. The zero-order chi connectivity index (χ0) is 29.8. The number of terminal acetylenes is 1. The Hall–Kier alpha value is -4.60. The van der Waals surface area contributed by atoms with Crippen LogP contribution in [0, 0.1) is 23.7 Å². The van der Waals surface area contributed by atoms with Gasteiger partial charge in [-0.3, -0.25) is 4.57 Å². The van der Waals surface area contributed by atoms with E-state index in [4.69, 9.17) is 31.1 Å². The molecule has 214 valence electrons. The third kappa shape index (κ3) is 5.29. The monoisotopic (exact) mass is 564 g/mol. The van der Waals surface area contributed by atoms with Crippen molar-refractivity contribution in [2.24, 2.45) is 0 Å². The fourth-order valence-electron chi connectivity index (χ4n) is 4.48. The Morgan fingerprint density at radius 1 is 1.22 bits per heavy atom. The van der Waals surface area contributed by atoms with Gasteiger partial charge in [-0.1, -0.05) is 36.3 Å². The van der Waals surface area contributed by atoms with Crippen LogP contribution in [-0.4, -0.2) is 84.9 Å². The van der Waals surface area contributed by atoms with E-state index in [0.717, 1.165) is 0 Å². The van der Waals surface area contributed by atoms with Crippen LogP contribution in [0.25, 0.3) is 11.2 Å². The molecule has 0 amide bonds. The smallest absolute Gasteiger partial charge is 0.350 e. The Bertz CT molecular complexity index is 1500. The van der Waals surface area contributed by atoms with E-state index in [1.807, 2.05) is 0 Å². The topological polar surface area (TPSA) is 205 Å². The van der Waals surface area contributed by atoms with E-state index in [0.29, 0.717) is 5.56 Å². The Balaban J connectivity index is 1.71. The van der Waals surface area contributed by atoms with Crippen molar-refractivity contribution in [1.29, 1.82) is 5.26 Å². The van der Waals surface area contributed by atoms with Gasteiger partial charge >= 0.3 is 11.9 Å². The van der Waals surface area contributed by atoms with Crippen molar-refractivity contribution in [3.05, 3.63) is 48.0 Å². The molecule has 1 aliphatic rings. The number of fused-ring (bicyclic) bond motifs is 1. The molecule has 14 heteroatoms. The van der Waals surface area contributed by atoms with E-state index < -0.39 is 48.2 Å². The number of aromatic nitrogens is 4. The molecule has 0 spiro atoms. The first-order valence-corrected chi connectivity index (χ1v) is 12.6. The average Bonchev–Trinajstić information content (AvgIpc) is 3.50. The lowest BCUT2D eigenvalue weighted by atomic mass is 9.91. The summed E-state index contributed by atoms with van der Waals surface area (Å²) in [6.07, 6.45) is 1.96. The highest BCUT2D eigenvalue weighted by Gasteiger charge is 2.58. The zero-order valence-corrected chi connectivity index (χ0v) is 22.3. The second kappa shape index (κ2) is 11.9. The van der Waals surface area contributed by atoms with Crippen LogP contribution >= 0.6 is 0 Å². The summed E-state index contributed by atoms with van der Waals surface area (Å²) in [5.74, 6) is -0.239. The number of aliphatic hydroxyl groups excluding tert-OH is 1. The zero-order valence-electron chi connectivity index (χ0n) is 22.3. The number of esters is 2. The number of nitriles is 1.